The Morgan fingerprint density at radius 1 is 1.41 bits per heavy atom. The summed E-state index contributed by atoms with van der Waals surface area (Å²) in [5.41, 5.74) is 0. The van der Waals surface area contributed by atoms with E-state index in [9.17, 15) is 4.79 Å². The predicted octanol–water partition coefficient (Wildman–Crippen LogP) is 3.61. The van der Waals surface area contributed by atoms with Crippen LogP contribution in [0.15, 0.2) is 15.9 Å². The topological polar surface area (TPSA) is 29.1 Å². The van der Waals surface area contributed by atoms with Gasteiger partial charge in [-0.15, -0.1) is 11.3 Å². The number of hydrogen-bond acceptors (Lipinski definition) is 3. The Bertz CT molecular complexity index is 417. The molecule has 2 heterocycles. The molecule has 92 valence electrons. The Balaban J connectivity index is 1.74. The van der Waals surface area contributed by atoms with Crippen LogP contribution in [0.2, 0.25) is 0 Å². The molecule has 3 atom stereocenters. The van der Waals surface area contributed by atoms with Crippen LogP contribution >= 0.6 is 27.3 Å². The van der Waals surface area contributed by atoms with E-state index >= 15 is 0 Å². The molecule has 1 saturated heterocycles. The van der Waals surface area contributed by atoms with Gasteiger partial charge in [0.25, 0.3) is 0 Å². The molecule has 4 heteroatoms. The summed E-state index contributed by atoms with van der Waals surface area (Å²) in [4.78, 5) is 13.3. The number of ketones is 1. The van der Waals surface area contributed by atoms with E-state index in [0.717, 1.165) is 21.7 Å². The Hall–Kier alpha value is -0.190. The van der Waals surface area contributed by atoms with Crippen LogP contribution < -0.4 is 5.32 Å². The molecule has 2 aliphatic rings. The SMILES string of the molecule is O=C(c1sccc1Br)C1CC2CCCCC2N1. The number of rotatable bonds is 2. The van der Waals surface area contributed by atoms with Gasteiger partial charge in [0.05, 0.1) is 10.9 Å². The number of carbonyl (C=O) groups excluding carboxylic acids is 1. The Kier molecular flexibility index (Phi) is 3.37. The van der Waals surface area contributed by atoms with Gasteiger partial charge in [-0.05, 0) is 52.6 Å². The Morgan fingerprint density at radius 2 is 2.24 bits per heavy atom. The lowest BCUT2D eigenvalue weighted by atomic mass is 9.85. The molecule has 3 rings (SSSR count). The minimum Gasteiger partial charge on any atom is -0.304 e. The van der Waals surface area contributed by atoms with E-state index in [1.54, 1.807) is 11.3 Å². The lowest BCUT2D eigenvalue weighted by Crippen LogP contribution is -2.37. The van der Waals surface area contributed by atoms with Crippen LogP contribution in [0.3, 0.4) is 0 Å². The van der Waals surface area contributed by atoms with Gasteiger partial charge in [0.1, 0.15) is 0 Å². The van der Waals surface area contributed by atoms with Gasteiger partial charge < -0.3 is 5.32 Å². The number of thiophene rings is 1. The van der Waals surface area contributed by atoms with Crippen LogP contribution in [0.1, 0.15) is 41.8 Å². The van der Waals surface area contributed by atoms with Crippen molar-refractivity contribution in [1.29, 1.82) is 0 Å². The maximum Gasteiger partial charge on any atom is 0.190 e. The van der Waals surface area contributed by atoms with E-state index in [-0.39, 0.29) is 11.8 Å². The van der Waals surface area contributed by atoms with Crippen molar-refractivity contribution in [3.05, 3.63) is 20.8 Å². The maximum atomic E-state index is 12.4. The van der Waals surface area contributed by atoms with Crippen molar-refractivity contribution < 1.29 is 4.79 Å². The van der Waals surface area contributed by atoms with Crippen molar-refractivity contribution in [2.45, 2.75) is 44.2 Å². The quantitative estimate of drug-likeness (QED) is 0.845. The summed E-state index contributed by atoms with van der Waals surface area (Å²) in [6, 6.07) is 2.61. The van der Waals surface area contributed by atoms with Gasteiger partial charge in [-0.25, -0.2) is 0 Å². The summed E-state index contributed by atoms with van der Waals surface area (Å²) in [7, 11) is 0. The van der Waals surface area contributed by atoms with E-state index in [2.05, 4.69) is 21.2 Å². The minimum absolute atomic E-state index is 0.0537. The van der Waals surface area contributed by atoms with Gasteiger partial charge >= 0.3 is 0 Å². The predicted molar refractivity (Wildman–Crippen MR) is 73.6 cm³/mol. The molecule has 2 fully saturated rings. The summed E-state index contributed by atoms with van der Waals surface area (Å²) >= 11 is 4.99. The third-order valence-corrected chi connectivity index (χ3v) is 5.87. The molecule has 1 aliphatic carbocycles. The van der Waals surface area contributed by atoms with Crippen LogP contribution in [-0.4, -0.2) is 17.9 Å². The average molecular weight is 314 g/mol. The van der Waals surface area contributed by atoms with Crippen LogP contribution in [0.5, 0.6) is 0 Å². The normalized spacial score (nSPS) is 32.4. The highest BCUT2D eigenvalue weighted by Crippen LogP contribution is 2.35. The molecule has 3 unspecified atom stereocenters. The number of carbonyl (C=O) groups is 1. The number of halogens is 1. The molecular formula is C13H16BrNOS. The molecule has 1 aromatic heterocycles. The fraction of sp³-hybridized carbons (Fsp3) is 0.615. The fourth-order valence-electron chi connectivity index (χ4n) is 3.15. The van der Waals surface area contributed by atoms with Gasteiger partial charge in [-0.2, -0.15) is 0 Å². The lowest BCUT2D eigenvalue weighted by Gasteiger charge is -2.24. The summed E-state index contributed by atoms with van der Waals surface area (Å²) in [6.45, 7) is 0. The summed E-state index contributed by atoms with van der Waals surface area (Å²) in [5.74, 6) is 1.01. The van der Waals surface area contributed by atoms with Crippen molar-refractivity contribution in [2.75, 3.05) is 0 Å². The molecule has 1 N–H and O–H groups in total. The Morgan fingerprint density at radius 3 is 2.94 bits per heavy atom. The monoisotopic (exact) mass is 313 g/mol. The second kappa shape index (κ2) is 4.82. The standard InChI is InChI=1S/C13H16BrNOS/c14-9-5-6-17-13(9)12(16)11-7-8-3-1-2-4-10(8)15-11/h5-6,8,10-11,15H,1-4,7H2. The van der Waals surface area contributed by atoms with Crippen LogP contribution in [0, 0.1) is 5.92 Å². The average Bonchev–Trinajstić information content (AvgIpc) is 2.93. The largest absolute Gasteiger partial charge is 0.304 e. The first-order chi connectivity index (χ1) is 8.25. The highest BCUT2D eigenvalue weighted by Gasteiger charge is 2.38. The van der Waals surface area contributed by atoms with Crippen molar-refractivity contribution in [3.63, 3.8) is 0 Å². The molecule has 0 radical (unpaired) electrons. The van der Waals surface area contributed by atoms with E-state index in [1.165, 1.54) is 25.7 Å². The molecule has 0 aromatic carbocycles. The van der Waals surface area contributed by atoms with Gasteiger partial charge in [-0.1, -0.05) is 12.8 Å². The number of nitrogens with one attached hydrogen (secondary N) is 1. The van der Waals surface area contributed by atoms with Crippen molar-refractivity contribution >= 4 is 33.0 Å². The molecule has 1 aromatic rings. The van der Waals surface area contributed by atoms with Crippen LogP contribution in [-0.2, 0) is 0 Å². The van der Waals surface area contributed by atoms with Gasteiger partial charge in [0.2, 0.25) is 0 Å². The van der Waals surface area contributed by atoms with Gasteiger partial charge in [-0.3, -0.25) is 4.79 Å². The van der Waals surface area contributed by atoms with Gasteiger partial charge in [0, 0.05) is 10.5 Å². The highest BCUT2D eigenvalue weighted by molar-refractivity contribution is 9.10. The molecule has 0 amide bonds. The van der Waals surface area contributed by atoms with Crippen molar-refractivity contribution in [2.24, 2.45) is 5.92 Å². The van der Waals surface area contributed by atoms with Crippen LogP contribution in [0.4, 0.5) is 0 Å². The van der Waals surface area contributed by atoms with E-state index in [0.29, 0.717) is 6.04 Å². The first-order valence-corrected chi connectivity index (χ1v) is 7.96. The molecule has 17 heavy (non-hydrogen) atoms. The maximum absolute atomic E-state index is 12.4. The third-order valence-electron chi connectivity index (χ3n) is 4.02. The molecule has 1 saturated carbocycles. The molecule has 0 spiro atoms. The zero-order valence-electron chi connectivity index (χ0n) is 9.62. The highest BCUT2D eigenvalue weighted by atomic mass is 79.9. The fourth-order valence-corrected chi connectivity index (χ4v) is 4.71. The molecular weight excluding hydrogens is 298 g/mol. The number of hydrogen-bond donors (Lipinski definition) is 1. The Labute approximate surface area is 114 Å². The lowest BCUT2D eigenvalue weighted by molar-refractivity contribution is 0.0952. The molecule has 2 nitrogen and oxygen atoms in total. The summed E-state index contributed by atoms with van der Waals surface area (Å²) in [5, 5.41) is 5.52. The first-order valence-electron chi connectivity index (χ1n) is 6.29. The molecule has 1 aliphatic heterocycles. The summed E-state index contributed by atoms with van der Waals surface area (Å²) < 4.78 is 0.948. The van der Waals surface area contributed by atoms with Crippen molar-refractivity contribution in [3.8, 4) is 0 Å². The van der Waals surface area contributed by atoms with Gasteiger partial charge in [0.15, 0.2) is 5.78 Å². The van der Waals surface area contributed by atoms with E-state index < -0.39 is 0 Å². The second-order valence-corrected chi connectivity index (χ2v) is 6.84. The zero-order chi connectivity index (χ0) is 11.8. The van der Waals surface area contributed by atoms with Crippen LogP contribution in [0.25, 0.3) is 0 Å². The third kappa shape index (κ3) is 2.23. The first kappa shape index (κ1) is 11.9. The summed E-state index contributed by atoms with van der Waals surface area (Å²) in [6.07, 6.45) is 6.24. The smallest absolute Gasteiger partial charge is 0.190 e. The number of fused-ring (bicyclic) bond motifs is 1. The molecule has 0 bridgehead atoms. The van der Waals surface area contributed by atoms with E-state index in [4.69, 9.17) is 0 Å². The number of Topliss-reactive ketones (excluding diaryl/α,β-unsaturated/α-hetero) is 1. The van der Waals surface area contributed by atoms with E-state index in [1.807, 2.05) is 11.4 Å². The van der Waals surface area contributed by atoms with Crippen molar-refractivity contribution in [1.82, 2.24) is 5.32 Å². The minimum atomic E-state index is 0.0537. The second-order valence-electron chi connectivity index (χ2n) is 5.07. The zero-order valence-corrected chi connectivity index (χ0v) is 12.0.